The number of hydrogen-bond acceptors (Lipinski definition) is 6. The van der Waals surface area contributed by atoms with Crippen molar-refractivity contribution < 1.29 is 14.3 Å². The molecule has 0 saturated heterocycles. The number of benzene rings is 3. The molecule has 0 unspecified atom stereocenters. The molecule has 46 heavy (non-hydrogen) atoms. The lowest BCUT2D eigenvalue weighted by atomic mass is 9.97. The zero-order valence-corrected chi connectivity index (χ0v) is 25.7. The highest BCUT2D eigenvalue weighted by Crippen LogP contribution is 2.24. The molecule has 8 heteroatoms. The average molecular weight is 610 g/mol. The van der Waals surface area contributed by atoms with Crippen LogP contribution >= 0.6 is 0 Å². The first-order valence-corrected chi connectivity index (χ1v) is 15.3. The molecule has 0 saturated carbocycles. The summed E-state index contributed by atoms with van der Waals surface area (Å²) in [6, 6.07) is 30.6. The number of carbonyl (C=O) groups is 2. The van der Waals surface area contributed by atoms with Gasteiger partial charge >= 0.3 is 0 Å². The Morgan fingerprint density at radius 2 is 1.59 bits per heavy atom. The van der Waals surface area contributed by atoms with Gasteiger partial charge in [-0.15, -0.1) is 0 Å². The Balaban J connectivity index is 1.34. The van der Waals surface area contributed by atoms with Crippen LogP contribution in [0.1, 0.15) is 27.8 Å². The second-order valence-corrected chi connectivity index (χ2v) is 11.2. The largest absolute Gasteiger partial charge is 0.481 e. The van der Waals surface area contributed by atoms with Gasteiger partial charge in [0.1, 0.15) is 6.04 Å². The Morgan fingerprint density at radius 1 is 0.848 bits per heavy atom. The number of nitrogens with zero attached hydrogens (tertiary/aromatic N) is 5. The summed E-state index contributed by atoms with van der Waals surface area (Å²) in [5.41, 5.74) is 5.90. The molecule has 1 atom stereocenters. The summed E-state index contributed by atoms with van der Waals surface area (Å²) in [4.78, 5) is 45.2. The van der Waals surface area contributed by atoms with E-state index in [0.717, 1.165) is 34.2 Å². The molecule has 0 N–H and O–H groups in total. The van der Waals surface area contributed by atoms with E-state index >= 15 is 0 Å². The number of amides is 2. The summed E-state index contributed by atoms with van der Waals surface area (Å²) < 4.78 is 5.17. The third kappa shape index (κ3) is 7.35. The molecule has 6 rings (SSSR count). The van der Waals surface area contributed by atoms with Crippen molar-refractivity contribution in [3.8, 4) is 17.3 Å². The molecule has 8 nitrogen and oxygen atoms in total. The van der Waals surface area contributed by atoms with Gasteiger partial charge in [-0.2, -0.15) is 0 Å². The predicted octanol–water partition coefficient (Wildman–Crippen LogP) is 5.79. The fraction of sp³-hybridized carbons (Fsp3) is 0.184. The van der Waals surface area contributed by atoms with E-state index < -0.39 is 6.04 Å². The van der Waals surface area contributed by atoms with Crippen LogP contribution < -0.4 is 4.74 Å². The van der Waals surface area contributed by atoms with Gasteiger partial charge in [0.15, 0.2) is 5.82 Å². The van der Waals surface area contributed by atoms with Gasteiger partial charge in [-0.25, -0.2) is 15.0 Å². The SMILES string of the molecule is COc1ccc(/C=C/C(=O)N(Cc2ccc(-c3ncccn3)cc2)[C@@H](Cc2ccccc2)C(=O)N2CCc3ccccc3C2)cn1. The monoisotopic (exact) mass is 609 g/mol. The van der Waals surface area contributed by atoms with Gasteiger partial charge in [0.2, 0.25) is 17.7 Å². The minimum atomic E-state index is -0.726. The van der Waals surface area contributed by atoms with E-state index in [9.17, 15) is 9.59 Å². The Hall–Kier alpha value is -5.63. The molecule has 3 heterocycles. The van der Waals surface area contributed by atoms with E-state index in [1.807, 2.05) is 77.7 Å². The molecule has 1 aliphatic heterocycles. The molecule has 2 amide bonds. The maximum Gasteiger partial charge on any atom is 0.247 e. The Kier molecular flexibility index (Phi) is 9.54. The van der Waals surface area contributed by atoms with Crippen molar-refractivity contribution >= 4 is 17.9 Å². The van der Waals surface area contributed by atoms with Crippen LogP contribution in [0, 0.1) is 0 Å². The lowest BCUT2D eigenvalue weighted by Crippen LogP contribution is -2.52. The van der Waals surface area contributed by atoms with Crippen molar-refractivity contribution in [3.63, 3.8) is 0 Å². The topological polar surface area (TPSA) is 88.5 Å². The molecular weight excluding hydrogens is 574 g/mol. The van der Waals surface area contributed by atoms with Crippen LogP contribution in [-0.2, 0) is 35.5 Å². The summed E-state index contributed by atoms with van der Waals surface area (Å²) in [6.45, 7) is 1.36. The number of ether oxygens (including phenoxy) is 1. The highest BCUT2D eigenvalue weighted by Gasteiger charge is 2.34. The number of rotatable bonds is 10. The molecule has 0 fully saturated rings. The molecule has 0 radical (unpaired) electrons. The number of methoxy groups -OCH3 is 1. The lowest BCUT2D eigenvalue weighted by Gasteiger charge is -2.37. The fourth-order valence-corrected chi connectivity index (χ4v) is 5.68. The molecule has 3 aromatic carbocycles. The standard InChI is InChI=1S/C38H35N5O3/c1-46-35-18-14-29(25-41-35)15-19-36(44)43(26-30-12-16-32(17-13-30)37-39-21-7-22-40-37)34(24-28-8-3-2-4-9-28)38(45)42-23-20-31-10-5-6-11-33(31)27-42/h2-19,21-22,25,34H,20,23-24,26-27H2,1H3/b19-15+/t34-/m0/s1. The minimum Gasteiger partial charge on any atom is -0.481 e. The summed E-state index contributed by atoms with van der Waals surface area (Å²) in [7, 11) is 1.56. The van der Waals surface area contributed by atoms with Gasteiger partial charge in [-0.3, -0.25) is 9.59 Å². The second kappa shape index (κ2) is 14.4. The highest BCUT2D eigenvalue weighted by atomic mass is 16.5. The highest BCUT2D eigenvalue weighted by molar-refractivity contribution is 5.95. The van der Waals surface area contributed by atoms with Crippen molar-refractivity contribution in [1.82, 2.24) is 24.8 Å². The third-order valence-corrected chi connectivity index (χ3v) is 8.18. The van der Waals surface area contributed by atoms with Crippen LogP contribution in [0.5, 0.6) is 5.88 Å². The van der Waals surface area contributed by atoms with E-state index in [0.29, 0.717) is 31.2 Å². The Morgan fingerprint density at radius 3 is 2.30 bits per heavy atom. The van der Waals surface area contributed by atoms with Crippen LogP contribution in [0.3, 0.4) is 0 Å². The first-order valence-electron chi connectivity index (χ1n) is 15.3. The van der Waals surface area contributed by atoms with Crippen molar-refractivity contribution in [2.24, 2.45) is 0 Å². The molecule has 5 aromatic rings. The quantitative estimate of drug-likeness (QED) is 0.187. The maximum atomic E-state index is 14.5. The number of fused-ring (bicyclic) bond motifs is 1. The van der Waals surface area contributed by atoms with Gasteiger partial charge in [-0.05, 0) is 52.4 Å². The molecule has 0 spiro atoms. The van der Waals surface area contributed by atoms with Crippen LogP contribution in [0.15, 0.2) is 122 Å². The maximum absolute atomic E-state index is 14.5. The van der Waals surface area contributed by atoms with E-state index in [1.54, 1.807) is 48.8 Å². The van der Waals surface area contributed by atoms with E-state index in [4.69, 9.17) is 4.74 Å². The summed E-state index contributed by atoms with van der Waals surface area (Å²) in [5, 5.41) is 0. The van der Waals surface area contributed by atoms with Crippen LogP contribution in [0.2, 0.25) is 0 Å². The van der Waals surface area contributed by atoms with Gasteiger partial charge in [0.25, 0.3) is 0 Å². The molecule has 2 aromatic heterocycles. The first kappa shape index (κ1) is 30.4. The molecule has 0 bridgehead atoms. The third-order valence-electron chi connectivity index (χ3n) is 8.18. The van der Waals surface area contributed by atoms with Crippen LogP contribution in [0.25, 0.3) is 17.5 Å². The average Bonchev–Trinajstić information content (AvgIpc) is 3.13. The molecule has 0 aliphatic carbocycles. The normalized spacial score (nSPS) is 13.2. The number of pyridine rings is 1. The van der Waals surface area contributed by atoms with Crippen molar-refractivity contribution in [2.45, 2.75) is 32.0 Å². The Labute approximate surface area is 269 Å². The minimum absolute atomic E-state index is 0.0690. The zero-order valence-electron chi connectivity index (χ0n) is 25.7. The lowest BCUT2D eigenvalue weighted by molar-refractivity contribution is -0.144. The first-order chi connectivity index (χ1) is 22.6. The fourth-order valence-electron chi connectivity index (χ4n) is 5.68. The zero-order chi connectivity index (χ0) is 31.7. The molecule has 1 aliphatic rings. The van der Waals surface area contributed by atoms with Gasteiger partial charge in [0, 0.05) is 62.4 Å². The van der Waals surface area contributed by atoms with Gasteiger partial charge in [-0.1, -0.05) is 78.9 Å². The number of aromatic nitrogens is 3. The second-order valence-electron chi connectivity index (χ2n) is 11.2. The van der Waals surface area contributed by atoms with Crippen LogP contribution in [0.4, 0.5) is 0 Å². The molecule has 230 valence electrons. The van der Waals surface area contributed by atoms with Crippen molar-refractivity contribution in [2.75, 3.05) is 13.7 Å². The van der Waals surface area contributed by atoms with Crippen molar-refractivity contribution in [3.05, 3.63) is 150 Å². The van der Waals surface area contributed by atoms with Gasteiger partial charge in [0.05, 0.1) is 7.11 Å². The summed E-state index contributed by atoms with van der Waals surface area (Å²) in [5.74, 6) is 0.783. The smallest absolute Gasteiger partial charge is 0.247 e. The van der Waals surface area contributed by atoms with Gasteiger partial charge < -0.3 is 14.5 Å². The number of carbonyl (C=O) groups excluding carboxylic acids is 2. The van der Waals surface area contributed by atoms with E-state index in [-0.39, 0.29) is 18.4 Å². The number of hydrogen-bond donors (Lipinski definition) is 0. The Bertz CT molecular complexity index is 1790. The van der Waals surface area contributed by atoms with Crippen LogP contribution in [-0.4, -0.2) is 56.3 Å². The van der Waals surface area contributed by atoms with E-state index in [1.165, 1.54) is 11.6 Å². The summed E-state index contributed by atoms with van der Waals surface area (Å²) >= 11 is 0. The summed E-state index contributed by atoms with van der Waals surface area (Å²) in [6.07, 6.45) is 9.47. The predicted molar refractivity (Wildman–Crippen MR) is 177 cm³/mol. The van der Waals surface area contributed by atoms with Crippen molar-refractivity contribution in [1.29, 1.82) is 0 Å². The molecular formula is C38H35N5O3. The van der Waals surface area contributed by atoms with E-state index in [2.05, 4.69) is 27.1 Å².